The summed E-state index contributed by atoms with van der Waals surface area (Å²) in [6.07, 6.45) is 3.31. The van der Waals surface area contributed by atoms with Crippen molar-refractivity contribution in [3.05, 3.63) is 58.3 Å². The number of hydrogen-bond donors (Lipinski definition) is 1. The molecule has 92 valence electrons. The summed E-state index contributed by atoms with van der Waals surface area (Å²) >= 11 is 11.7. The molecular weight excluding hydrogens is 271 g/mol. The number of rotatable bonds is 4. The van der Waals surface area contributed by atoms with Crippen LogP contribution in [0.5, 0.6) is 0 Å². The summed E-state index contributed by atoms with van der Waals surface area (Å²) in [7, 11) is 0. The van der Waals surface area contributed by atoms with Gasteiger partial charge in [-0.3, -0.25) is 9.78 Å². The first-order valence-electron chi connectivity index (χ1n) is 5.29. The van der Waals surface area contributed by atoms with E-state index in [0.29, 0.717) is 15.6 Å². The zero-order valence-electron chi connectivity index (χ0n) is 9.36. The fourth-order valence-corrected chi connectivity index (χ4v) is 1.98. The molecule has 0 bridgehead atoms. The van der Waals surface area contributed by atoms with E-state index in [-0.39, 0.29) is 12.3 Å². The van der Waals surface area contributed by atoms with E-state index in [1.165, 1.54) is 0 Å². The summed E-state index contributed by atoms with van der Waals surface area (Å²) in [6.45, 7) is 0.172. The van der Waals surface area contributed by atoms with Crippen molar-refractivity contribution in [1.82, 2.24) is 4.98 Å². The Labute approximate surface area is 115 Å². The number of carbonyl (C=O) groups is 1. The van der Waals surface area contributed by atoms with Crippen LogP contribution in [0.1, 0.15) is 10.4 Å². The molecule has 1 aromatic heterocycles. The predicted molar refractivity (Wildman–Crippen MR) is 73.5 cm³/mol. The maximum atomic E-state index is 11.9. The number of nitrogens with zero attached hydrogens (tertiary/aromatic N) is 1. The van der Waals surface area contributed by atoms with Crippen molar-refractivity contribution in [2.75, 3.05) is 11.9 Å². The standard InChI is InChI=1S/C13H10Cl2N2O/c14-9-1-2-11(12(15)7-9)13(18)8-17-10-3-5-16-6-4-10/h1-7H,8H2,(H,16,17). The number of ketones is 1. The van der Waals surface area contributed by atoms with Gasteiger partial charge in [-0.1, -0.05) is 23.2 Å². The van der Waals surface area contributed by atoms with Crippen LogP contribution in [0.2, 0.25) is 10.0 Å². The number of benzene rings is 1. The first kappa shape index (κ1) is 12.9. The minimum absolute atomic E-state index is 0.0894. The van der Waals surface area contributed by atoms with Crippen LogP contribution in [-0.4, -0.2) is 17.3 Å². The topological polar surface area (TPSA) is 42.0 Å². The van der Waals surface area contributed by atoms with Crippen LogP contribution in [0.25, 0.3) is 0 Å². The molecule has 3 nitrogen and oxygen atoms in total. The summed E-state index contributed by atoms with van der Waals surface area (Å²) < 4.78 is 0. The molecule has 0 unspecified atom stereocenters. The summed E-state index contributed by atoms with van der Waals surface area (Å²) in [5.41, 5.74) is 1.30. The summed E-state index contributed by atoms with van der Waals surface area (Å²) in [4.78, 5) is 15.8. The van der Waals surface area contributed by atoms with E-state index in [1.54, 1.807) is 42.7 Å². The van der Waals surface area contributed by atoms with Crippen LogP contribution in [0.4, 0.5) is 5.69 Å². The molecule has 0 saturated carbocycles. The lowest BCUT2D eigenvalue weighted by molar-refractivity contribution is 0.101. The molecule has 18 heavy (non-hydrogen) atoms. The van der Waals surface area contributed by atoms with Crippen LogP contribution in [-0.2, 0) is 0 Å². The predicted octanol–water partition coefficient (Wildman–Crippen LogP) is 3.68. The quantitative estimate of drug-likeness (QED) is 0.869. The molecule has 0 aliphatic carbocycles. The Morgan fingerprint density at radius 2 is 1.89 bits per heavy atom. The molecule has 5 heteroatoms. The van der Waals surface area contributed by atoms with Crippen molar-refractivity contribution in [2.45, 2.75) is 0 Å². The molecule has 1 aromatic carbocycles. The lowest BCUT2D eigenvalue weighted by Gasteiger charge is -2.06. The zero-order valence-corrected chi connectivity index (χ0v) is 10.9. The van der Waals surface area contributed by atoms with Gasteiger partial charge in [0, 0.05) is 28.7 Å². The molecule has 0 spiro atoms. The van der Waals surface area contributed by atoms with E-state index >= 15 is 0 Å². The van der Waals surface area contributed by atoms with Crippen LogP contribution < -0.4 is 5.32 Å². The molecule has 0 atom stereocenters. The molecule has 0 saturated heterocycles. The first-order valence-corrected chi connectivity index (χ1v) is 6.04. The molecule has 1 N–H and O–H groups in total. The van der Waals surface area contributed by atoms with Gasteiger partial charge in [-0.05, 0) is 30.3 Å². The van der Waals surface area contributed by atoms with Crippen LogP contribution >= 0.6 is 23.2 Å². The third kappa shape index (κ3) is 3.22. The second-order valence-corrected chi connectivity index (χ2v) is 4.48. The largest absolute Gasteiger partial charge is 0.377 e. The van der Waals surface area contributed by atoms with E-state index in [1.807, 2.05) is 0 Å². The highest BCUT2D eigenvalue weighted by atomic mass is 35.5. The fraction of sp³-hybridized carbons (Fsp3) is 0.0769. The lowest BCUT2D eigenvalue weighted by atomic mass is 10.1. The molecule has 0 fully saturated rings. The summed E-state index contributed by atoms with van der Waals surface area (Å²) in [6, 6.07) is 8.41. The fourth-order valence-electron chi connectivity index (χ4n) is 1.46. The maximum Gasteiger partial charge on any atom is 0.183 e. The Morgan fingerprint density at radius 3 is 2.56 bits per heavy atom. The minimum Gasteiger partial charge on any atom is -0.377 e. The number of pyridine rings is 1. The summed E-state index contributed by atoms with van der Waals surface area (Å²) in [5.74, 6) is -0.0894. The number of aromatic nitrogens is 1. The molecule has 2 rings (SSSR count). The Morgan fingerprint density at radius 1 is 1.17 bits per heavy atom. The van der Waals surface area contributed by atoms with Gasteiger partial charge in [-0.2, -0.15) is 0 Å². The molecule has 0 amide bonds. The van der Waals surface area contributed by atoms with Crippen molar-refractivity contribution in [3.63, 3.8) is 0 Å². The highest BCUT2D eigenvalue weighted by molar-refractivity contribution is 6.36. The number of Topliss-reactive ketones (excluding diaryl/α,β-unsaturated/α-hetero) is 1. The van der Waals surface area contributed by atoms with Crippen molar-refractivity contribution >= 4 is 34.7 Å². The van der Waals surface area contributed by atoms with Gasteiger partial charge < -0.3 is 5.32 Å². The van der Waals surface area contributed by atoms with Gasteiger partial charge in [-0.15, -0.1) is 0 Å². The van der Waals surface area contributed by atoms with E-state index in [0.717, 1.165) is 5.69 Å². The van der Waals surface area contributed by atoms with Gasteiger partial charge in [0.1, 0.15) is 0 Å². The average Bonchev–Trinajstić information content (AvgIpc) is 2.37. The Bertz CT molecular complexity index is 558. The number of nitrogens with one attached hydrogen (secondary N) is 1. The van der Waals surface area contributed by atoms with Gasteiger partial charge in [0.15, 0.2) is 5.78 Å². The van der Waals surface area contributed by atoms with Crippen molar-refractivity contribution in [2.24, 2.45) is 0 Å². The Hall–Kier alpha value is -1.58. The van der Waals surface area contributed by atoms with Crippen molar-refractivity contribution in [1.29, 1.82) is 0 Å². The molecule has 0 radical (unpaired) electrons. The van der Waals surface area contributed by atoms with E-state index in [9.17, 15) is 4.79 Å². The van der Waals surface area contributed by atoms with E-state index < -0.39 is 0 Å². The molecular formula is C13H10Cl2N2O. The first-order chi connectivity index (χ1) is 8.66. The average molecular weight is 281 g/mol. The normalized spacial score (nSPS) is 10.1. The molecule has 0 aliphatic heterocycles. The number of carbonyl (C=O) groups excluding carboxylic acids is 1. The van der Waals surface area contributed by atoms with Crippen LogP contribution in [0.15, 0.2) is 42.7 Å². The Balaban J connectivity index is 2.04. The third-order valence-electron chi connectivity index (χ3n) is 2.36. The van der Waals surface area contributed by atoms with Gasteiger partial charge in [0.25, 0.3) is 0 Å². The second kappa shape index (κ2) is 5.85. The number of hydrogen-bond acceptors (Lipinski definition) is 3. The SMILES string of the molecule is O=C(CNc1ccncc1)c1ccc(Cl)cc1Cl. The zero-order chi connectivity index (χ0) is 13.0. The monoisotopic (exact) mass is 280 g/mol. The molecule has 2 aromatic rings. The van der Waals surface area contributed by atoms with Gasteiger partial charge in [0.2, 0.25) is 0 Å². The maximum absolute atomic E-state index is 11.9. The van der Waals surface area contributed by atoms with E-state index in [2.05, 4.69) is 10.3 Å². The van der Waals surface area contributed by atoms with Gasteiger partial charge in [-0.25, -0.2) is 0 Å². The van der Waals surface area contributed by atoms with Crippen LogP contribution in [0.3, 0.4) is 0 Å². The highest BCUT2D eigenvalue weighted by Crippen LogP contribution is 2.21. The second-order valence-electron chi connectivity index (χ2n) is 3.64. The lowest BCUT2D eigenvalue weighted by Crippen LogP contribution is -2.14. The van der Waals surface area contributed by atoms with Crippen molar-refractivity contribution in [3.8, 4) is 0 Å². The van der Waals surface area contributed by atoms with Crippen molar-refractivity contribution < 1.29 is 4.79 Å². The Kier molecular flexibility index (Phi) is 4.18. The van der Waals surface area contributed by atoms with Crippen LogP contribution in [0, 0.1) is 0 Å². The minimum atomic E-state index is -0.0894. The van der Waals surface area contributed by atoms with Gasteiger partial charge >= 0.3 is 0 Å². The number of halogens is 2. The smallest absolute Gasteiger partial charge is 0.183 e. The molecule has 1 heterocycles. The van der Waals surface area contributed by atoms with E-state index in [4.69, 9.17) is 23.2 Å². The third-order valence-corrected chi connectivity index (χ3v) is 2.91. The van der Waals surface area contributed by atoms with Gasteiger partial charge in [0.05, 0.1) is 11.6 Å². The summed E-state index contributed by atoms with van der Waals surface area (Å²) in [5, 5.41) is 3.88. The highest BCUT2D eigenvalue weighted by Gasteiger charge is 2.10. The molecule has 0 aliphatic rings. The number of anilines is 1.